The van der Waals surface area contributed by atoms with Gasteiger partial charge in [0.25, 0.3) is 0 Å². The second-order valence-corrected chi connectivity index (χ2v) is 5.54. The molecule has 1 fully saturated rings. The zero-order chi connectivity index (χ0) is 12.5. The van der Waals surface area contributed by atoms with Crippen LogP contribution in [-0.2, 0) is 5.41 Å². The van der Waals surface area contributed by atoms with Gasteiger partial charge >= 0.3 is 105 Å². The molecule has 0 spiro atoms. The van der Waals surface area contributed by atoms with E-state index in [9.17, 15) is 0 Å². The fourth-order valence-corrected chi connectivity index (χ4v) is 2.33. The summed E-state index contributed by atoms with van der Waals surface area (Å²) in [6, 6.07) is 8.85. The molecule has 0 aliphatic carbocycles. The van der Waals surface area contributed by atoms with E-state index in [1.54, 1.807) is 0 Å². The normalized spacial score (nSPS) is 16.1. The Labute approximate surface area is 105 Å². The molecule has 3 heteroatoms. The molecule has 1 saturated heterocycles. The molecule has 0 amide bonds. The van der Waals surface area contributed by atoms with E-state index in [1.807, 2.05) is 0 Å². The van der Waals surface area contributed by atoms with Gasteiger partial charge in [0.05, 0.1) is 0 Å². The molecule has 1 heterocycles. The molecule has 1 aliphatic rings. The van der Waals surface area contributed by atoms with Gasteiger partial charge in [0.2, 0.25) is 0 Å². The predicted molar refractivity (Wildman–Crippen MR) is 75.9 cm³/mol. The Morgan fingerprint density at radius 1 is 1.29 bits per heavy atom. The van der Waals surface area contributed by atoms with Gasteiger partial charge < -0.3 is 0 Å². The summed E-state index contributed by atoms with van der Waals surface area (Å²) in [7, 11) is 4.04. The molecule has 1 aromatic carbocycles. The predicted octanol–water partition coefficient (Wildman–Crippen LogP) is 1.17. The van der Waals surface area contributed by atoms with Crippen molar-refractivity contribution in [1.29, 1.82) is 0 Å². The maximum atomic E-state index is 4.04. The SMILES string of the molecule is B=C1NCCN1CC(C)(C)c1ccc(C)cc1. The van der Waals surface area contributed by atoms with Crippen molar-refractivity contribution in [2.24, 2.45) is 0 Å². The van der Waals surface area contributed by atoms with Gasteiger partial charge in [-0.05, 0) is 0 Å². The molecule has 0 bridgehead atoms. The average molecular weight is 228 g/mol. The zero-order valence-corrected chi connectivity index (χ0v) is 11.1. The second-order valence-electron chi connectivity index (χ2n) is 5.54. The van der Waals surface area contributed by atoms with Gasteiger partial charge in [0.1, 0.15) is 0 Å². The summed E-state index contributed by atoms with van der Waals surface area (Å²) in [6.45, 7) is 9.81. The fraction of sp³-hybridized carbons (Fsp3) is 0.500. The number of nitrogens with one attached hydrogen (secondary N) is 1. The number of benzene rings is 1. The van der Waals surface area contributed by atoms with Crippen molar-refractivity contribution in [2.45, 2.75) is 26.2 Å². The molecular formula is C14H21BN2. The molecular weight excluding hydrogens is 207 g/mol. The van der Waals surface area contributed by atoms with Crippen molar-refractivity contribution in [3.05, 3.63) is 35.4 Å². The van der Waals surface area contributed by atoms with E-state index in [0.717, 1.165) is 25.3 Å². The van der Waals surface area contributed by atoms with Crippen LogP contribution in [0.2, 0.25) is 0 Å². The van der Waals surface area contributed by atoms with Crippen LogP contribution >= 0.6 is 0 Å². The minimum absolute atomic E-state index is 0.155. The summed E-state index contributed by atoms with van der Waals surface area (Å²) in [5.41, 5.74) is 3.92. The van der Waals surface area contributed by atoms with E-state index in [4.69, 9.17) is 0 Å². The third-order valence-electron chi connectivity index (χ3n) is 3.51. The van der Waals surface area contributed by atoms with Crippen LogP contribution in [0.15, 0.2) is 24.3 Å². The van der Waals surface area contributed by atoms with E-state index in [1.165, 1.54) is 11.1 Å². The first-order valence-corrected chi connectivity index (χ1v) is 6.24. The molecule has 1 N–H and O–H groups in total. The van der Waals surface area contributed by atoms with E-state index in [-0.39, 0.29) is 5.41 Å². The average Bonchev–Trinajstić information content (AvgIpc) is 2.64. The summed E-state index contributed by atoms with van der Waals surface area (Å²) in [5, 5.41) is 3.28. The standard InChI is InChI=1S/C14H21BN2/c1-11-4-6-12(7-5-11)14(2,3)10-17-9-8-16-13(17)15/h4-7,15-16H,8-10H2,1-3H3. The van der Waals surface area contributed by atoms with Crippen LogP contribution in [0.5, 0.6) is 0 Å². The summed E-state index contributed by atoms with van der Waals surface area (Å²) in [6.07, 6.45) is 0. The zero-order valence-electron chi connectivity index (χ0n) is 11.1. The van der Waals surface area contributed by atoms with E-state index in [2.05, 4.69) is 62.7 Å². The molecule has 2 rings (SSSR count). The topological polar surface area (TPSA) is 15.3 Å². The summed E-state index contributed by atoms with van der Waals surface area (Å²) < 4.78 is 0. The Balaban J connectivity index is 2.12. The van der Waals surface area contributed by atoms with Gasteiger partial charge in [0, 0.05) is 0 Å². The Morgan fingerprint density at radius 2 is 1.94 bits per heavy atom. The monoisotopic (exact) mass is 228 g/mol. The summed E-state index contributed by atoms with van der Waals surface area (Å²) >= 11 is 0. The van der Waals surface area contributed by atoms with Gasteiger partial charge in [-0.1, -0.05) is 0 Å². The fourth-order valence-electron chi connectivity index (χ4n) is 2.33. The third-order valence-corrected chi connectivity index (χ3v) is 3.51. The van der Waals surface area contributed by atoms with Crippen LogP contribution in [0.1, 0.15) is 25.0 Å². The minimum atomic E-state index is 0.155. The molecule has 0 aromatic heterocycles. The second kappa shape index (κ2) is 4.56. The number of hydrogen-bond acceptors (Lipinski definition) is 2. The van der Waals surface area contributed by atoms with Crippen molar-refractivity contribution in [1.82, 2.24) is 10.2 Å². The Morgan fingerprint density at radius 3 is 2.47 bits per heavy atom. The van der Waals surface area contributed by atoms with Gasteiger partial charge in [0.15, 0.2) is 0 Å². The maximum absolute atomic E-state index is 4.04. The summed E-state index contributed by atoms with van der Waals surface area (Å²) in [4.78, 5) is 2.33. The molecule has 1 aliphatic heterocycles. The number of rotatable bonds is 3. The Hall–Kier alpha value is -1.25. The molecule has 1 aromatic rings. The first-order chi connectivity index (χ1) is 7.99. The van der Waals surface area contributed by atoms with Crippen molar-refractivity contribution in [2.75, 3.05) is 19.6 Å². The quantitative estimate of drug-likeness (QED) is 0.781. The van der Waals surface area contributed by atoms with Crippen LogP contribution in [0.4, 0.5) is 0 Å². The van der Waals surface area contributed by atoms with Crippen LogP contribution in [-0.4, -0.2) is 37.7 Å². The van der Waals surface area contributed by atoms with Crippen LogP contribution in [0.25, 0.3) is 0 Å². The molecule has 17 heavy (non-hydrogen) atoms. The molecule has 90 valence electrons. The van der Waals surface area contributed by atoms with Gasteiger partial charge in [-0.15, -0.1) is 0 Å². The van der Waals surface area contributed by atoms with Crippen LogP contribution in [0, 0.1) is 6.92 Å². The first kappa shape index (κ1) is 12.2. The molecule has 0 saturated carbocycles. The summed E-state index contributed by atoms with van der Waals surface area (Å²) in [5.74, 6) is 0. The van der Waals surface area contributed by atoms with E-state index >= 15 is 0 Å². The van der Waals surface area contributed by atoms with Crippen molar-refractivity contribution < 1.29 is 0 Å². The van der Waals surface area contributed by atoms with Crippen molar-refractivity contribution >= 4 is 13.2 Å². The number of aryl methyl sites for hydroxylation is 1. The number of hydrogen-bond donors (Lipinski definition) is 1. The molecule has 0 radical (unpaired) electrons. The first-order valence-electron chi connectivity index (χ1n) is 6.24. The molecule has 2 nitrogen and oxygen atoms in total. The Kier molecular flexibility index (Phi) is 3.27. The van der Waals surface area contributed by atoms with Gasteiger partial charge in [-0.2, -0.15) is 0 Å². The molecule has 0 unspecified atom stereocenters. The Bertz CT molecular complexity index is 409. The number of nitrogens with zero attached hydrogens (tertiary/aromatic N) is 1. The van der Waals surface area contributed by atoms with Crippen LogP contribution < -0.4 is 5.32 Å². The third kappa shape index (κ3) is 2.71. The van der Waals surface area contributed by atoms with Crippen molar-refractivity contribution in [3.63, 3.8) is 0 Å². The van der Waals surface area contributed by atoms with Crippen molar-refractivity contribution in [3.8, 4) is 0 Å². The van der Waals surface area contributed by atoms with Gasteiger partial charge in [-0.3, -0.25) is 0 Å². The van der Waals surface area contributed by atoms with E-state index < -0.39 is 0 Å². The van der Waals surface area contributed by atoms with Gasteiger partial charge in [-0.25, -0.2) is 0 Å². The molecule has 0 atom stereocenters. The van der Waals surface area contributed by atoms with E-state index in [0.29, 0.717) is 0 Å². The van der Waals surface area contributed by atoms with Crippen LogP contribution in [0.3, 0.4) is 0 Å².